The van der Waals surface area contributed by atoms with Crippen LogP contribution in [-0.4, -0.2) is 20.3 Å². The maximum Gasteiger partial charge on any atom is 0.300 e. The van der Waals surface area contributed by atoms with Crippen LogP contribution in [0.15, 0.2) is 46.4 Å². The van der Waals surface area contributed by atoms with Gasteiger partial charge in [-0.3, -0.25) is 9.48 Å². The number of hydrogen-bond acceptors (Lipinski definition) is 3. The normalized spacial score (nSPS) is 12.0. The predicted octanol–water partition coefficient (Wildman–Crippen LogP) is 3.92. The molecule has 0 unspecified atom stereocenters. The number of allylic oxidation sites excluding steroid dienone is 1. The average Bonchev–Trinajstić information content (AvgIpc) is 3.08. The molecule has 0 saturated carbocycles. The Morgan fingerprint density at radius 2 is 2.25 bits per heavy atom. The molecule has 0 aliphatic rings. The molecule has 0 spiro atoms. The van der Waals surface area contributed by atoms with E-state index in [1.54, 1.807) is 16.8 Å². The van der Waals surface area contributed by atoms with Gasteiger partial charge in [-0.2, -0.15) is 10.1 Å². The number of hydrogen-bond donors (Lipinski definition) is 0. The van der Waals surface area contributed by atoms with Crippen LogP contribution in [0.1, 0.15) is 23.1 Å². The third-order valence-electron chi connectivity index (χ3n) is 3.65. The first kappa shape index (κ1) is 16.9. The maximum atomic E-state index is 12.5. The number of aryl methyl sites for hydroxylation is 2. The van der Waals surface area contributed by atoms with E-state index in [0.29, 0.717) is 17.0 Å². The molecule has 2 aromatic heterocycles. The smallest absolute Gasteiger partial charge is 0.300 e. The van der Waals surface area contributed by atoms with Crippen LogP contribution in [0.2, 0.25) is 0 Å². The lowest BCUT2D eigenvalue weighted by atomic mass is 10.3. The number of aromatic nitrogens is 3. The second-order valence-electron chi connectivity index (χ2n) is 5.30. The molecule has 1 aromatic carbocycles. The van der Waals surface area contributed by atoms with Gasteiger partial charge in [0, 0.05) is 23.3 Å². The van der Waals surface area contributed by atoms with Crippen molar-refractivity contribution in [2.45, 2.75) is 26.9 Å². The van der Waals surface area contributed by atoms with Crippen LogP contribution in [0.25, 0.3) is 10.2 Å². The minimum absolute atomic E-state index is 0.325. The van der Waals surface area contributed by atoms with E-state index in [1.807, 2.05) is 36.6 Å². The van der Waals surface area contributed by atoms with E-state index < -0.39 is 0 Å². The van der Waals surface area contributed by atoms with E-state index in [2.05, 4.69) is 32.6 Å². The standard InChI is InChI=1S/C17H17BrN4OS/c1-4-8-21-14-7-6-12(18)10-15(14)24-17(21)19-16(23)13-9-11(3)22(5-2)20-13/h4,6-7,9-10H,1,5,8H2,2-3H3. The Morgan fingerprint density at radius 1 is 1.46 bits per heavy atom. The summed E-state index contributed by atoms with van der Waals surface area (Å²) in [6.07, 6.45) is 1.80. The monoisotopic (exact) mass is 404 g/mol. The van der Waals surface area contributed by atoms with Crippen molar-refractivity contribution in [1.82, 2.24) is 14.3 Å². The summed E-state index contributed by atoms with van der Waals surface area (Å²) in [6, 6.07) is 7.79. The van der Waals surface area contributed by atoms with Gasteiger partial charge in [-0.1, -0.05) is 33.3 Å². The van der Waals surface area contributed by atoms with Crippen LogP contribution in [0.5, 0.6) is 0 Å². The number of benzene rings is 1. The van der Waals surface area contributed by atoms with Crippen molar-refractivity contribution in [2.75, 3.05) is 0 Å². The predicted molar refractivity (Wildman–Crippen MR) is 100 cm³/mol. The highest BCUT2D eigenvalue weighted by molar-refractivity contribution is 9.10. The van der Waals surface area contributed by atoms with Crippen molar-refractivity contribution >= 4 is 43.4 Å². The van der Waals surface area contributed by atoms with E-state index >= 15 is 0 Å². The van der Waals surface area contributed by atoms with E-state index in [9.17, 15) is 4.79 Å². The summed E-state index contributed by atoms with van der Waals surface area (Å²) in [4.78, 5) is 17.5. The number of rotatable bonds is 4. The Balaban J connectivity index is 2.12. The molecule has 0 atom stereocenters. The first-order valence-electron chi connectivity index (χ1n) is 7.56. The maximum absolute atomic E-state index is 12.5. The Morgan fingerprint density at radius 3 is 2.92 bits per heavy atom. The van der Waals surface area contributed by atoms with Gasteiger partial charge in [0.1, 0.15) is 0 Å². The molecule has 5 nitrogen and oxygen atoms in total. The molecule has 124 valence electrons. The van der Waals surface area contributed by atoms with Crippen LogP contribution in [0.4, 0.5) is 0 Å². The highest BCUT2D eigenvalue weighted by atomic mass is 79.9. The van der Waals surface area contributed by atoms with Gasteiger partial charge in [0.05, 0.1) is 10.2 Å². The summed E-state index contributed by atoms with van der Waals surface area (Å²) in [6.45, 7) is 9.04. The molecular weight excluding hydrogens is 388 g/mol. The van der Waals surface area contributed by atoms with Gasteiger partial charge in [-0.25, -0.2) is 0 Å². The molecule has 0 bridgehead atoms. The summed E-state index contributed by atoms with van der Waals surface area (Å²) < 4.78 is 5.84. The third-order valence-corrected chi connectivity index (χ3v) is 5.19. The SMILES string of the molecule is C=CCn1c(=NC(=O)c2cc(C)n(CC)n2)sc2cc(Br)ccc21. The average molecular weight is 405 g/mol. The Hall–Kier alpha value is -1.99. The van der Waals surface area contributed by atoms with Gasteiger partial charge in [-0.15, -0.1) is 6.58 Å². The lowest BCUT2D eigenvalue weighted by Crippen LogP contribution is -2.16. The molecule has 0 aliphatic carbocycles. The molecule has 0 radical (unpaired) electrons. The van der Waals surface area contributed by atoms with E-state index in [1.165, 1.54) is 11.3 Å². The van der Waals surface area contributed by atoms with E-state index in [4.69, 9.17) is 0 Å². The van der Waals surface area contributed by atoms with E-state index in [-0.39, 0.29) is 5.91 Å². The molecule has 0 N–H and O–H groups in total. The number of amides is 1. The largest absolute Gasteiger partial charge is 0.312 e. The summed E-state index contributed by atoms with van der Waals surface area (Å²) in [7, 11) is 0. The van der Waals surface area contributed by atoms with Gasteiger partial charge in [0.2, 0.25) is 0 Å². The summed E-state index contributed by atoms with van der Waals surface area (Å²) >= 11 is 4.96. The van der Waals surface area contributed by atoms with E-state index in [0.717, 1.165) is 26.9 Å². The highest BCUT2D eigenvalue weighted by Crippen LogP contribution is 2.22. The zero-order chi connectivity index (χ0) is 17.3. The van der Waals surface area contributed by atoms with Gasteiger partial charge in [0.15, 0.2) is 10.5 Å². The first-order valence-corrected chi connectivity index (χ1v) is 9.17. The topological polar surface area (TPSA) is 52.2 Å². The number of carbonyl (C=O) groups is 1. The van der Waals surface area contributed by atoms with Crippen LogP contribution in [-0.2, 0) is 13.1 Å². The fourth-order valence-corrected chi connectivity index (χ4v) is 4.11. The second kappa shape index (κ2) is 6.86. The summed E-state index contributed by atoms with van der Waals surface area (Å²) in [5.74, 6) is -0.325. The van der Waals surface area contributed by atoms with Crippen LogP contribution in [0.3, 0.4) is 0 Å². The fraction of sp³-hybridized carbons (Fsp3) is 0.235. The second-order valence-corrected chi connectivity index (χ2v) is 7.22. The quantitative estimate of drug-likeness (QED) is 0.618. The van der Waals surface area contributed by atoms with Crippen molar-refractivity contribution in [2.24, 2.45) is 4.99 Å². The van der Waals surface area contributed by atoms with Crippen LogP contribution >= 0.6 is 27.3 Å². The summed E-state index contributed by atoms with van der Waals surface area (Å²) in [5.41, 5.74) is 2.36. The molecule has 0 aliphatic heterocycles. The number of carbonyl (C=O) groups excluding carboxylic acids is 1. The molecular formula is C17H17BrN4OS. The Labute approximate surface area is 152 Å². The molecule has 1 amide bonds. The van der Waals surface area contributed by atoms with Gasteiger partial charge < -0.3 is 4.57 Å². The summed E-state index contributed by atoms with van der Waals surface area (Å²) in [5, 5.41) is 4.31. The van der Waals surface area contributed by atoms with Crippen molar-refractivity contribution in [3.63, 3.8) is 0 Å². The van der Waals surface area contributed by atoms with Crippen molar-refractivity contribution < 1.29 is 4.79 Å². The van der Waals surface area contributed by atoms with Crippen molar-refractivity contribution in [3.05, 3.63) is 57.6 Å². The Kier molecular flexibility index (Phi) is 4.82. The van der Waals surface area contributed by atoms with Gasteiger partial charge in [-0.05, 0) is 38.1 Å². The number of halogens is 1. The molecule has 7 heteroatoms. The lowest BCUT2D eigenvalue weighted by Gasteiger charge is -2.00. The number of thiazole rings is 1. The zero-order valence-corrected chi connectivity index (χ0v) is 15.9. The van der Waals surface area contributed by atoms with Crippen molar-refractivity contribution in [3.8, 4) is 0 Å². The van der Waals surface area contributed by atoms with Crippen molar-refractivity contribution in [1.29, 1.82) is 0 Å². The van der Waals surface area contributed by atoms with Crippen LogP contribution in [0, 0.1) is 6.92 Å². The van der Waals surface area contributed by atoms with Crippen LogP contribution < -0.4 is 4.80 Å². The molecule has 0 saturated heterocycles. The minimum atomic E-state index is -0.325. The number of fused-ring (bicyclic) bond motifs is 1. The van der Waals surface area contributed by atoms with Gasteiger partial charge in [0.25, 0.3) is 5.91 Å². The van der Waals surface area contributed by atoms with Gasteiger partial charge >= 0.3 is 0 Å². The minimum Gasteiger partial charge on any atom is -0.312 e. The zero-order valence-electron chi connectivity index (χ0n) is 13.5. The molecule has 24 heavy (non-hydrogen) atoms. The highest BCUT2D eigenvalue weighted by Gasteiger charge is 2.13. The lowest BCUT2D eigenvalue weighted by molar-refractivity contribution is 0.0992. The molecule has 2 heterocycles. The first-order chi connectivity index (χ1) is 11.5. The number of nitrogens with zero attached hydrogens (tertiary/aromatic N) is 4. The Bertz CT molecular complexity index is 996. The molecule has 0 fully saturated rings. The molecule has 3 rings (SSSR count). The molecule has 3 aromatic rings. The fourth-order valence-electron chi connectivity index (χ4n) is 2.52. The third kappa shape index (κ3) is 3.14.